The summed E-state index contributed by atoms with van der Waals surface area (Å²) in [6, 6.07) is 16.0. The van der Waals surface area contributed by atoms with Crippen molar-refractivity contribution in [2.45, 2.75) is 6.61 Å². The minimum atomic E-state index is -0.451. The zero-order valence-electron chi connectivity index (χ0n) is 27.3. The Morgan fingerprint density at radius 2 is 0.723 bits per heavy atom. The molecule has 0 spiro atoms. The number of non-ortho nitro benzene ring substituents is 1. The Hall–Kier alpha value is -2.76. The molecule has 0 N–H and O–H groups in total. The molecule has 0 saturated heterocycles. The molecule has 0 bridgehead atoms. The molecule has 14 nitrogen and oxygen atoms in total. The third kappa shape index (κ3) is 25.0. The number of hydrogen-bond donors (Lipinski definition) is 0. The van der Waals surface area contributed by atoms with E-state index < -0.39 is 4.92 Å². The molecule has 2 rings (SSSR count). The molecule has 266 valence electrons. The Kier molecular flexibility index (Phi) is 26.3. The Morgan fingerprint density at radius 3 is 1.06 bits per heavy atom. The van der Waals surface area contributed by atoms with Gasteiger partial charge in [-0.3, -0.25) is 10.1 Å². The summed E-state index contributed by atoms with van der Waals surface area (Å²) in [5, 5.41) is 10.6. The molecule has 0 atom stereocenters. The lowest BCUT2D eigenvalue weighted by Crippen LogP contribution is -2.15. The van der Waals surface area contributed by atoms with Crippen molar-refractivity contribution in [1.29, 1.82) is 0 Å². The number of hydrogen-bond acceptors (Lipinski definition) is 13. The van der Waals surface area contributed by atoms with Gasteiger partial charge >= 0.3 is 0 Å². The first-order chi connectivity index (χ1) is 23.3. The van der Waals surface area contributed by atoms with E-state index in [0.717, 1.165) is 5.56 Å². The summed E-state index contributed by atoms with van der Waals surface area (Å²) in [5.74, 6) is 0.557. The summed E-state index contributed by atoms with van der Waals surface area (Å²) in [5.41, 5.74) is 1.18. The van der Waals surface area contributed by atoms with Crippen molar-refractivity contribution in [2.75, 3.05) is 132 Å². The topological polar surface area (TPSA) is 145 Å². The molecular formula is C33H51NO13. The van der Waals surface area contributed by atoms with Crippen molar-refractivity contribution in [2.24, 2.45) is 0 Å². The Labute approximate surface area is 277 Å². The van der Waals surface area contributed by atoms with Crippen LogP contribution in [0.25, 0.3) is 0 Å². The van der Waals surface area contributed by atoms with Crippen molar-refractivity contribution in [1.82, 2.24) is 0 Å². The maximum absolute atomic E-state index is 10.6. The highest BCUT2D eigenvalue weighted by molar-refractivity contribution is 5.35. The van der Waals surface area contributed by atoms with Crippen LogP contribution in [0.2, 0.25) is 0 Å². The molecule has 0 aliphatic carbocycles. The number of nitro groups is 1. The van der Waals surface area contributed by atoms with E-state index >= 15 is 0 Å². The predicted octanol–water partition coefficient (Wildman–Crippen LogP) is 3.34. The number of benzene rings is 2. The van der Waals surface area contributed by atoms with Crippen LogP contribution in [0.1, 0.15) is 5.56 Å². The van der Waals surface area contributed by atoms with Crippen LogP contribution in [0.5, 0.6) is 5.75 Å². The van der Waals surface area contributed by atoms with Gasteiger partial charge < -0.3 is 52.1 Å². The third-order valence-electron chi connectivity index (χ3n) is 6.00. The van der Waals surface area contributed by atoms with Gasteiger partial charge in [0.05, 0.1) is 137 Å². The first kappa shape index (κ1) is 40.4. The van der Waals surface area contributed by atoms with Crippen LogP contribution in [-0.4, -0.2) is 137 Å². The molecule has 0 radical (unpaired) electrons. The summed E-state index contributed by atoms with van der Waals surface area (Å²) in [4.78, 5) is 10.2. The Bertz CT molecular complexity index is 969. The lowest BCUT2D eigenvalue weighted by Gasteiger charge is -2.09. The maximum atomic E-state index is 10.6. The number of nitro benzene ring substituents is 1. The van der Waals surface area contributed by atoms with Crippen molar-refractivity contribution in [3.05, 3.63) is 70.3 Å². The van der Waals surface area contributed by atoms with E-state index in [-0.39, 0.29) is 5.69 Å². The number of ether oxygens (including phenoxy) is 11. The monoisotopic (exact) mass is 669 g/mol. The smallest absolute Gasteiger partial charge is 0.269 e. The van der Waals surface area contributed by atoms with Crippen LogP contribution in [0.4, 0.5) is 5.69 Å². The van der Waals surface area contributed by atoms with E-state index in [2.05, 4.69) is 0 Å². The van der Waals surface area contributed by atoms with E-state index in [1.807, 2.05) is 30.3 Å². The highest BCUT2D eigenvalue weighted by Gasteiger charge is 2.04. The highest BCUT2D eigenvalue weighted by atomic mass is 16.6. The average Bonchev–Trinajstić information content (AvgIpc) is 3.09. The third-order valence-corrected chi connectivity index (χ3v) is 6.00. The molecular weight excluding hydrogens is 618 g/mol. The molecule has 0 aromatic heterocycles. The van der Waals surface area contributed by atoms with Crippen molar-refractivity contribution in [3.8, 4) is 5.75 Å². The highest BCUT2D eigenvalue weighted by Crippen LogP contribution is 2.17. The van der Waals surface area contributed by atoms with Gasteiger partial charge in [-0.05, 0) is 17.7 Å². The Balaban J connectivity index is 1.16. The van der Waals surface area contributed by atoms with Crippen LogP contribution >= 0.6 is 0 Å². The quantitative estimate of drug-likeness (QED) is 0.0611. The van der Waals surface area contributed by atoms with E-state index in [4.69, 9.17) is 52.1 Å². The van der Waals surface area contributed by atoms with Gasteiger partial charge in [0.1, 0.15) is 12.4 Å². The predicted molar refractivity (Wildman–Crippen MR) is 172 cm³/mol. The fourth-order valence-electron chi connectivity index (χ4n) is 3.63. The standard InChI is InChI=1S/C33H51NO13/c35-34(36)32-6-8-33(9-7-32)47-29-28-45-25-24-43-21-20-41-17-16-39-13-12-37-10-11-38-14-15-40-18-19-42-22-23-44-26-27-46-30-31-4-2-1-3-5-31/h1-9H,10-30H2. The van der Waals surface area contributed by atoms with E-state index in [1.54, 1.807) is 12.1 Å². The van der Waals surface area contributed by atoms with Crippen LogP contribution in [0.3, 0.4) is 0 Å². The zero-order chi connectivity index (χ0) is 33.3. The van der Waals surface area contributed by atoms with Gasteiger partial charge in [-0.1, -0.05) is 30.3 Å². The minimum absolute atomic E-state index is 0.0260. The number of rotatable bonds is 34. The number of nitrogens with zero attached hydrogens (tertiary/aromatic N) is 1. The fraction of sp³-hybridized carbons (Fsp3) is 0.636. The first-order valence-corrected chi connectivity index (χ1v) is 15.9. The summed E-state index contributed by atoms with van der Waals surface area (Å²) < 4.78 is 60.2. The minimum Gasteiger partial charge on any atom is -0.491 e. The molecule has 2 aromatic carbocycles. The molecule has 47 heavy (non-hydrogen) atoms. The van der Waals surface area contributed by atoms with Gasteiger partial charge in [0.15, 0.2) is 0 Å². The van der Waals surface area contributed by atoms with Crippen molar-refractivity contribution < 1.29 is 57.0 Å². The second-order valence-corrected chi connectivity index (χ2v) is 9.65. The van der Waals surface area contributed by atoms with Crippen LogP contribution in [0.15, 0.2) is 54.6 Å². The second-order valence-electron chi connectivity index (χ2n) is 9.65. The van der Waals surface area contributed by atoms with E-state index in [1.165, 1.54) is 12.1 Å². The Morgan fingerprint density at radius 1 is 0.404 bits per heavy atom. The SMILES string of the molecule is O=[N+]([O-])c1ccc(OCCOCCOCCOCCOCCOCCOCCOCCOCCOCCOCc2ccccc2)cc1. The van der Waals surface area contributed by atoms with E-state index in [9.17, 15) is 10.1 Å². The molecule has 0 aliphatic heterocycles. The van der Waals surface area contributed by atoms with Gasteiger partial charge in [-0.2, -0.15) is 0 Å². The van der Waals surface area contributed by atoms with Crippen LogP contribution in [0, 0.1) is 10.1 Å². The lowest BCUT2D eigenvalue weighted by molar-refractivity contribution is -0.384. The molecule has 0 amide bonds. The maximum Gasteiger partial charge on any atom is 0.269 e. The summed E-state index contributed by atoms with van der Waals surface area (Å²) in [6.45, 7) is 10.3. The zero-order valence-corrected chi connectivity index (χ0v) is 27.3. The second kappa shape index (κ2) is 30.6. The molecule has 0 heterocycles. The molecule has 2 aromatic rings. The van der Waals surface area contributed by atoms with Gasteiger partial charge in [0.2, 0.25) is 0 Å². The van der Waals surface area contributed by atoms with Crippen LogP contribution < -0.4 is 4.74 Å². The van der Waals surface area contributed by atoms with Gasteiger partial charge in [0.25, 0.3) is 5.69 Å². The summed E-state index contributed by atoms with van der Waals surface area (Å²) in [6.07, 6.45) is 0. The van der Waals surface area contributed by atoms with Crippen LogP contribution in [-0.2, 0) is 54.0 Å². The largest absolute Gasteiger partial charge is 0.491 e. The van der Waals surface area contributed by atoms with Crippen molar-refractivity contribution >= 4 is 5.69 Å². The summed E-state index contributed by atoms with van der Waals surface area (Å²) in [7, 11) is 0. The van der Waals surface area contributed by atoms with Crippen molar-refractivity contribution in [3.63, 3.8) is 0 Å². The van der Waals surface area contributed by atoms with Gasteiger partial charge in [0, 0.05) is 12.1 Å². The molecule has 0 saturated carbocycles. The first-order valence-electron chi connectivity index (χ1n) is 15.9. The lowest BCUT2D eigenvalue weighted by atomic mass is 10.2. The molecule has 14 heteroatoms. The van der Waals surface area contributed by atoms with Gasteiger partial charge in [-0.15, -0.1) is 0 Å². The fourth-order valence-corrected chi connectivity index (χ4v) is 3.63. The average molecular weight is 670 g/mol. The molecule has 0 fully saturated rings. The molecule has 0 unspecified atom stereocenters. The molecule has 0 aliphatic rings. The normalized spacial score (nSPS) is 11.2. The van der Waals surface area contributed by atoms with Gasteiger partial charge in [-0.25, -0.2) is 0 Å². The van der Waals surface area contributed by atoms with E-state index in [0.29, 0.717) is 144 Å². The summed E-state index contributed by atoms with van der Waals surface area (Å²) >= 11 is 0.